The first-order valence-electron chi connectivity index (χ1n) is 10.7. The number of aliphatic imine (C=N–C) groups is 1. The highest BCUT2D eigenvalue weighted by Gasteiger charge is 2.45. The molecule has 4 rings (SSSR count). The van der Waals surface area contributed by atoms with Crippen LogP contribution in [0.2, 0.25) is 0 Å². The second-order valence-electron chi connectivity index (χ2n) is 8.05. The number of rotatable bonds is 6. The average molecular weight is 523 g/mol. The lowest BCUT2D eigenvalue weighted by Gasteiger charge is -2.33. The minimum absolute atomic E-state index is 0. The Bertz CT molecular complexity index is 832. The van der Waals surface area contributed by atoms with E-state index in [1.165, 1.54) is 0 Å². The van der Waals surface area contributed by atoms with E-state index in [2.05, 4.69) is 33.5 Å². The lowest BCUT2D eigenvalue weighted by Crippen LogP contribution is -2.49. The van der Waals surface area contributed by atoms with E-state index in [-0.39, 0.29) is 35.2 Å². The van der Waals surface area contributed by atoms with E-state index < -0.39 is 0 Å². The summed E-state index contributed by atoms with van der Waals surface area (Å²) in [5.41, 5.74) is 0.680. The molecule has 162 valence electrons. The van der Waals surface area contributed by atoms with Gasteiger partial charge in [0, 0.05) is 37.3 Å². The second kappa shape index (κ2) is 10.4. The van der Waals surface area contributed by atoms with E-state index in [1.54, 1.807) is 12.1 Å². The molecule has 1 saturated carbocycles. The van der Waals surface area contributed by atoms with Gasteiger partial charge in [0.1, 0.15) is 11.6 Å². The van der Waals surface area contributed by atoms with Gasteiger partial charge in [-0.15, -0.1) is 24.0 Å². The molecule has 0 spiro atoms. The van der Waals surface area contributed by atoms with Crippen LogP contribution in [-0.2, 0) is 5.41 Å². The van der Waals surface area contributed by atoms with Gasteiger partial charge in [0.05, 0.1) is 6.54 Å². The largest absolute Gasteiger partial charge is 0.357 e. The second-order valence-corrected chi connectivity index (χ2v) is 8.05. The van der Waals surface area contributed by atoms with Crippen molar-refractivity contribution < 1.29 is 4.39 Å². The number of piperidine rings is 1. The molecule has 2 heterocycles. The highest BCUT2D eigenvalue weighted by molar-refractivity contribution is 14.0. The van der Waals surface area contributed by atoms with Crippen LogP contribution in [0.3, 0.4) is 0 Å². The molecule has 0 amide bonds. The molecule has 0 atom stereocenters. The normalized spacial score (nSPS) is 18.5. The summed E-state index contributed by atoms with van der Waals surface area (Å²) in [5, 5.41) is 6.95. The van der Waals surface area contributed by atoms with Gasteiger partial charge in [-0.25, -0.2) is 9.37 Å². The van der Waals surface area contributed by atoms with Crippen LogP contribution < -0.4 is 15.5 Å². The first-order valence-corrected chi connectivity index (χ1v) is 10.7. The van der Waals surface area contributed by atoms with Crippen molar-refractivity contribution in [2.75, 3.05) is 31.1 Å². The first kappa shape index (κ1) is 22.8. The molecule has 2 fully saturated rings. The van der Waals surface area contributed by atoms with Crippen LogP contribution in [0.15, 0.2) is 53.7 Å². The lowest BCUT2D eigenvalue weighted by molar-refractivity contribution is 0.459. The molecule has 1 aromatic carbocycles. The Morgan fingerprint density at radius 3 is 2.53 bits per heavy atom. The van der Waals surface area contributed by atoms with Crippen molar-refractivity contribution in [3.8, 4) is 0 Å². The molecular weight excluding hydrogens is 492 g/mol. The van der Waals surface area contributed by atoms with Crippen LogP contribution in [0.4, 0.5) is 10.2 Å². The predicted octanol–water partition coefficient (Wildman–Crippen LogP) is 4.09. The Hall–Kier alpha value is -1.90. The molecule has 2 aromatic rings. The van der Waals surface area contributed by atoms with Crippen LogP contribution >= 0.6 is 24.0 Å². The Balaban J connectivity index is 0.00000256. The molecule has 2 aliphatic rings. The lowest BCUT2D eigenvalue weighted by atomic mass is 9.95. The van der Waals surface area contributed by atoms with Gasteiger partial charge >= 0.3 is 0 Å². The average Bonchev–Trinajstić information content (AvgIpc) is 3.55. The van der Waals surface area contributed by atoms with E-state index in [0.717, 1.165) is 62.7 Å². The summed E-state index contributed by atoms with van der Waals surface area (Å²) in [5.74, 6) is 1.78. The quantitative estimate of drug-likeness (QED) is 0.340. The number of hydrogen-bond donors (Lipinski definition) is 2. The van der Waals surface area contributed by atoms with Gasteiger partial charge in [-0.3, -0.25) is 4.99 Å². The molecule has 1 aliphatic carbocycles. The third-order valence-electron chi connectivity index (χ3n) is 5.99. The molecule has 2 N–H and O–H groups in total. The van der Waals surface area contributed by atoms with Gasteiger partial charge < -0.3 is 15.5 Å². The van der Waals surface area contributed by atoms with Crippen molar-refractivity contribution in [1.82, 2.24) is 15.6 Å². The number of benzene rings is 1. The summed E-state index contributed by atoms with van der Waals surface area (Å²) in [6, 6.07) is 13.6. The SMILES string of the molecule is CCNC(=NCC1(c2ccccc2F)CC1)NC1CCN(c2ccccn2)CC1.I. The fourth-order valence-electron chi connectivity index (χ4n) is 4.09. The molecule has 5 nitrogen and oxygen atoms in total. The maximum Gasteiger partial charge on any atom is 0.191 e. The zero-order chi connectivity index (χ0) is 20.1. The molecular formula is C23H31FIN5. The summed E-state index contributed by atoms with van der Waals surface area (Å²) >= 11 is 0. The summed E-state index contributed by atoms with van der Waals surface area (Å²) in [7, 11) is 0. The van der Waals surface area contributed by atoms with E-state index >= 15 is 0 Å². The molecule has 1 aliphatic heterocycles. The molecule has 0 unspecified atom stereocenters. The van der Waals surface area contributed by atoms with E-state index in [1.807, 2.05) is 30.5 Å². The van der Waals surface area contributed by atoms with Crippen LogP contribution in [0.5, 0.6) is 0 Å². The zero-order valence-electron chi connectivity index (χ0n) is 17.5. The third kappa shape index (κ3) is 5.42. The minimum atomic E-state index is -0.129. The smallest absolute Gasteiger partial charge is 0.191 e. The van der Waals surface area contributed by atoms with Crippen molar-refractivity contribution in [2.24, 2.45) is 4.99 Å². The molecule has 1 aromatic heterocycles. The monoisotopic (exact) mass is 523 g/mol. The Morgan fingerprint density at radius 2 is 1.90 bits per heavy atom. The predicted molar refractivity (Wildman–Crippen MR) is 131 cm³/mol. The van der Waals surface area contributed by atoms with Gasteiger partial charge in [-0.05, 0) is 56.4 Å². The topological polar surface area (TPSA) is 52.6 Å². The standard InChI is InChI=1S/C23H30FN5.HI/c1-2-25-22(27-17-23(12-13-23)19-7-3-4-8-20(19)24)28-18-10-15-29(16-11-18)21-9-5-6-14-26-21;/h3-9,14,18H,2,10-13,15-17H2,1H3,(H2,25,27,28);1H. The van der Waals surface area contributed by atoms with Crippen LogP contribution in [0.1, 0.15) is 38.2 Å². The first-order chi connectivity index (χ1) is 14.2. The Labute approximate surface area is 195 Å². The fourth-order valence-corrected chi connectivity index (χ4v) is 4.09. The summed E-state index contributed by atoms with van der Waals surface area (Å²) in [6.07, 6.45) is 5.93. The fraction of sp³-hybridized carbons (Fsp3) is 0.478. The van der Waals surface area contributed by atoms with Gasteiger partial charge in [-0.2, -0.15) is 0 Å². The summed E-state index contributed by atoms with van der Waals surface area (Å²) < 4.78 is 14.3. The van der Waals surface area contributed by atoms with Crippen molar-refractivity contribution in [3.05, 3.63) is 60.0 Å². The highest BCUT2D eigenvalue weighted by atomic mass is 127. The number of hydrogen-bond acceptors (Lipinski definition) is 3. The molecule has 0 bridgehead atoms. The van der Waals surface area contributed by atoms with Gasteiger partial charge in [0.25, 0.3) is 0 Å². The molecule has 7 heteroatoms. The van der Waals surface area contributed by atoms with E-state index in [0.29, 0.717) is 12.6 Å². The minimum Gasteiger partial charge on any atom is -0.357 e. The third-order valence-corrected chi connectivity index (χ3v) is 5.99. The summed E-state index contributed by atoms with van der Waals surface area (Å²) in [4.78, 5) is 11.6. The number of nitrogens with one attached hydrogen (secondary N) is 2. The molecule has 1 saturated heterocycles. The maximum absolute atomic E-state index is 14.3. The van der Waals surface area contributed by atoms with Gasteiger partial charge in [-0.1, -0.05) is 24.3 Å². The van der Waals surface area contributed by atoms with Gasteiger partial charge in [0.2, 0.25) is 0 Å². The van der Waals surface area contributed by atoms with Crippen LogP contribution in [-0.4, -0.2) is 43.2 Å². The molecule has 0 radical (unpaired) electrons. The Kier molecular flexibility index (Phi) is 7.91. The van der Waals surface area contributed by atoms with E-state index in [9.17, 15) is 4.39 Å². The van der Waals surface area contributed by atoms with Crippen molar-refractivity contribution in [2.45, 2.75) is 44.1 Å². The maximum atomic E-state index is 14.3. The number of nitrogens with zero attached hydrogens (tertiary/aromatic N) is 3. The van der Waals surface area contributed by atoms with Crippen LogP contribution in [0, 0.1) is 5.82 Å². The number of pyridine rings is 1. The van der Waals surface area contributed by atoms with Crippen molar-refractivity contribution in [3.63, 3.8) is 0 Å². The highest BCUT2D eigenvalue weighted by Crippen LogP contribution is 2.49. The number of guanidine groups is 1. The summed E-state index contributed by atoms with van der Waals surface area (Å²) in [6.45, 7) is 5.46. The van der Waals surface area contributed by atoms with Crippen LogP contribution in [0.25, 0.3) is 0 Å². The zero-order valence-corrected chi connectivity index (χ0v) is 19.8. The number of halogens is 2. The molecule has 30 heavy (non-hydrogen) atoms. The van der Waals surface area contributed by atoms with Crippen molar-refractivity contribution in [1.29, 1.82) is 0 Å². The Morgan fingerprint density at radius 1 is 1.17 bits per heavy atom. The number of anilines is 1. The van der Waals surface area contributed by atoms with Gasteiger partial charge in [0.15, 0.2) is 5.96 Å². The van der Waals surface area contributed by atoms with E-state index in [4.69, 9.17) is 4.99 Å². The van der Waals surface area contributed by atoms with Crippen molar-refractivity contribution >= 4 is 35.8 Å². The number of aromatic nitrogens is 1.